The topological polar surface area (TPSA) is 67.4 Å². The van der Waals surface area contributed by atoms with E-state index in [1.807, 2.05) is 30.3 Å². The molecule has 5 nitrogen and oxygen atoms in total. The molecule has 0 saturated carbocycles. The Hall–Kier alpha value is -1.88. The second-order valence-electron chi connectivity index (χ2n) is 4.95. The Morgan fingerprint density at radius 2 is 2.20 bits per heavy atom. The van der Waals surface area contributed by atoms with Gasteiger partial charge in [-0.2, -0.15) is 0 Å². The minimum Gasteiger partial charge on any atom is -0.469 e. The fourth-order valence-electron chi connectivity index (χ4n) is 2.40. The van der Waals surface area contributed by atoms with Gasteiger partial charge in [-0.1, -0.05) is 30.3 Å². The molecular weight excluding hydrogens is 256 g/mol. The highest BCUT2D eigenvalue weighted by atomic mass is 16.5. The summed E-state index contributed by atoms with van der Waals surface area (Å²) in [6.45, 7) is 1.18. The maximum absolute atomic E-state index is 11.9. The molecule has 0 radical (unpaired) electrons. The van der Waals surface area contributed by atoms with E-state index >= 15 is 0 Å². The van der Waals surface area contributed by atoms with E-state index in [0.29, 0.717) is 19.5 Å². The van der Waals surface area contributed by atoms with Gasteiger partial charge in [-0.3, -0.25) is 9.59 Å². The number of hydrogen-bond acceptors (Lipinski definition) is 4. The Labute approximate surface area is 118 Å². The Morgan fingerprint density at radius 3 is 2.80 bits per heavy atom. The van der Waals surface area contributed by atoms with E-state index in [1.165, 1.54) is 7.11 Å². The van der Waals surface area contributed by atoms with E-state index in [2.05, 4.69) is 10.6 Å². The maximum atomic E-state index is 11.9. The zero-order valence-electron chi connectivity index (χ0n) is 11.6. The number of methoxy groups -OCH3 is 1. The van der Waals surface area contributed by atoms with Gasteiger partial charge in [-0.25, -0.2) is 0 Å². The highest BCUT2D eigenvalue weighted by Crippen LogP contribution is 2.16. The molecule has 0 aromatic heterocycles. The molecule has 1 aliphatic heterocycles. The SMILES string of the molecule is COC(=O)C(CNCC1CCC(=O)N1)c1ccccc1. The fourth-order valence-corrected chi connectivity index (χ4v) is 2.40. The molecule has 1 aliphatic rings. The quantitative estimate of drug-likeness (QED) is 0.755. The molecule has 0 spiro atoms. The number of carbonyl (C=O) groups is 2. The number of esters is 1. The van der Waals surface area contributed by atoms with Crippen molar-refractivity contribution in [3.8, 4) is 0 Å². The van der Waals surface area contributed by atoms with Gasteiger partial charge in [0.15, 0.2) is 0 Å². The van der Waals surface area contributed by atoms with Gasteiger partial charge in [0.25, 0.3) is 0 Å². The molecule has 0 bridgehead atoms. The highest BCUT2D eigenvalue weighted by Gasteiger charge is 2.23. The van der Waals surface area contributed by atoms with Gasteiger partial charge >= 0.3 is 5.97 Å². The zero-order chi connectivity index (χ0) is 14.4. The van der Waals surface area contributed by atoms with Gasteiger partial charge < -0.3 is 15.4 Å². The van der Waals surface area contributed by atoms with Gasteiger partial charge in [-0.15, -0.1) is 0 Å². The van der Waals surface area contributed by atoms with Gasteiger partial charge in [0.1, 0.15) is 0 Å². The summed E-state index contributed by atoms with van der Waals surface area (Å²) in [6, 6.07) is 9.72. The number of nitrogens with one attached hydrogen (secondary N) is 2. The predicted molar refractivity (Wildman–Crippen MR) is 75.2 cm³/mol. The van der Waals surface area contributed by atoms with E-state index in [0.717, 1.165) is 12.0 Å². The number of hydrogen-bond donors (Lipinski definition) is 2. The van der Waals surface area contributed by atoms with Crippen LogP contribution in [0.4, 0.5) is 0 Å². The number of carbonyl (C=O) groups excluding carboxylic acids is 2. The average molecular weight is 276 g/mol. The first-order chi connectivity index (χ1) is 9.70. The van der Waals surface area contributed by atoms with Crippen molar-refractivity contribution < 1.29 is 14.3 Å². The molecule has 1 aromatic rings. The first-order valence-corrected chi connectivity index (χ1v) is 6.83. The summed E-state index contributed by atoms with van der Waals surface area (Å²) in [4.78, 5) is 23.0. The van der Waals surface area contributed by atoms with Crippen LogP contribution in [0.15, 0.2) is 30.3 Å². The minimum atomic E-state index is -0.321. The molecule has 2 N–H and O–H groups in total. The molecule has 1 aromatic carbocycles. The van der Waals surface area contributed by atoms with Crippen molar-refractivity contribution in [2.24, 2.45) is 0 Å². The monoisotopic (exact) mass is 276 g/mol. The van der Waals surface area contributed by atoms with E-state index in [9.17, 15) is 9.59 Å². The van der Waals surface area contributed by atoms with Crippen molar-refractivity contribution in [3.05, 3.63) is 35.9 Å². The molecular formula is C15H20N2O3. The van der Waals surface area contributed by atoms with Crippen LogP contribution in [0.3, 0.4) is 0 Å². The largest absolute Gasteiger partial charge is 0.469 e. The van der Waals surface area contributed by atoms with Crippen LogP contribution < -0.4 is 10.6 Å². The standard InChI is InChI=1S/C15H20N2O3/c1-20-15(19)13(11-5-3-2-4-6-11)10-16-9-12-7-8-14(18)17-12/h2-6,12-13,16H,7-10H2,1H3,(H,17,18). The number of rotatable bonds is 6. The smallest absolute Gasteiger partial charge is 0.314 e. The minimum absolute atomic E-state index is 0.101. The molecule has 20 heavy (non-hydrogen) atoms. The molecule has 1 heterocycles. The van der Waals surface area contributed by atoms with Crippen LogP contribution >= 0.6 is 0 Å². The van der Waals surface area contributed by atoms with Gasteiger partial charge in [0.2, 0.25) is 5.91 Å². The average Bonchev–Trinajstić information content (AvgIpc) is 2.89. The van der Waals surface area contributed by atoms with Crippen molar-refractivity contribution in [3.63, 3.8) is 0 Å². The van der Waals surface area contributed by atoms with Crippen molar-refractivity contribution in [1.82, 2.24) is 10.6 Å². The second kappa shape index (κ2) is 7.05. The Balaban J connectivity index is 1.88. The molecule has 2 atom stereocenters. The summed E-state index contributed by atoms with van der Waals surface area (Å²) >= 11 is 0. The van der Waals surface area contributed by atoms with Crippen LogP contribution in [0.1, 0.15) is 24.3 Å². The molecule has 108 valence electrons. The van der Waals surface area contributed by atoms with Crippen LogP contribution in [0, 0.1) is 0 Å². The summed E-state index contributed by atoms with van der Waals surface area (Å²) in [7, 11) is 1.40. The molecule has 0 aliphatic carbocycles. The van der Waals surface area contributed by atoms with Crippen molar-refractivity contribution in [1.29, 1.82) is 0 Å². The second-order valence-corrected chi connectivity index (χ2v) is 4.95. The van der Waals surface area contributed by atoms with Gasteiger partial charge in [0.05, 0.1) is 13.0 Å². The first kappa shape index (κ1) is 14.5. The highest BCUT2D eigenvalue weighted by molar-refractivity contribution is 5.79. The molecule has 1 amide bonds. The third-order valence-corrected chi connectivity index (χ3v) is 3.51. The van der Waals surface area contributed by atoms with Crippen molar-refractivity contribution in [2.75, 3.05) is 20.2 Å². The number of amides is 1. The van der Waals surface area contributed by atoms with Gasteiger partial charge in [-0.05, 0) is 12.0 Å². The van der Waals surface area contributed by atoms with E-state index in [-0.39, 0.29) is 23.8 Å². The van der Waals surface area contributed by atoms with E-state index in [4.69, 9.17) is 4.74 Å². The number of ether oxygens (including phenoxy) is 1. The summed E-state index contributed by atoms with van der Waals surface area (Å²) in [5, 5.41) is 6.14. The molecule has 5 heteroatoms. The van der Waals surface area contributed by atoms with E-state index < -0.39 is 0 Å². The van der Waals surface area contributed by atoms with Crippen molar-refractivity contribution >= 4 is 11.9 Å². The third kappa shape index (κ3) is 3.81. The Kier molecular flexibility index (Phi) is 5.12. The van der Waals surface area contributed by atoms with Gasteiger partial charge in [0, 0.05) is 25.6 Å². The summed E-state index contributed by atoms with van der Waals surface area (Å²) < 4.78 is 4.86. The van der Waals surface area contributed by atoms with Crippen LogP contribution in [0.25, 0.3) is 0 Å². The Bertz CT molecular complexity index is 461. The number of benzene rings is 1. The van der Waals surface area contributed by atoms with Crippen LogP contribution in [-0.4, -0.2) is 38.1 Å². The summed E-state index contributed by atoms with van der Waals surface area (Å²) in [5.74, 6) is -0.471. The fraction of sp³-hybridized carbons (Fsp3) is 0.467. The molecule has 1 fully saturated rings. The lowest BCUT2D eigenvalue weighted by Crippen LogP contribution is -2.38. The summed E-state index contributed by atoms with van der Waals surface area (Å²) in [6.07, 6.45) is 1.44. The zero-order valence-corrected chi connectivity index (χ0v) is 11.6. The maximum Gasteiger partial charge on any atom is 0.314 e. The van der Waals surface area contributed by atoms with Crippen molar-refractivity contribution in [2.45, 2.75) is 24.8 Å². The lowest BCUT2D eigenvalue weighted by Gasteiger charge is -2.17. The lowest BCUT2D eigenvalue weighted by molar-refractivity contribution is -0.142. The molecule has 2 unspecified atom stereocenters. The molecule has 2 rings (SSSR count). The van der Waals surface area contributed by atoms with Crippen LogP contribution in [-0.2, 0) is 14.3 Å². The molecule has 1 saturated heterocycles. The van der Waals surface area contributed by atoms with E-state index in [1.54, 1.807) is 0 Å². The first-order valence-electron chi connectivity index (χ1n) is 6.83. The third-order valence-electron chi connectivity index (χ3n) is 3.51. The lowest BCUT2D eigenvalue weighted by atomic mass is 9.99. The van der Waals surface area contributed by atoms with Crippen LogP contribution in [0.5, 0.6) is 0 Å². The van der Waals surface area contributed by atoms with Crippen LogP contribution in [0.2, 0.25) is 0 Å². The summed E-state index contributed by atoms with van der Waals surface area (Å²) in [5.41, 5.74) is 0.933. The normalized spacial score (nSPS) is 19.4. The predicted octanol–water partition coefficient (Wildman–Crippen LogP) is 0.811. The Morgan fingerprint density at radius 1 is 1.45 bits per heavy atom.